The number of urea groups is 1. The van der Waals surface area contributed by atoms with Crippen LogP contribution in [0.25, 0.3) is 0 Å². The third-order valence-electron chi connectivity index (χ3n) is 2.77. The van der Waals surface area contributed by atoms with Crippen molar-refractivity contribution in [2.75, 3.05) is 18.5 Å². The Kier molecular flexibility index (Phi) is 7.22. The molecule has 0 aliphatic carbocycles. The molecular formula is C16H25N3O3. The van der Waals surface area contributed by atoms with E-state index in [4.69, 9.17) is 4.74 Å². The SMILES string of the molecule is CCOc1ccc(CCNC(=O)NC(C)C)cc1NC(C)=O. The number of ether oxygens (including phenoxy) is 1. The van der Waals surface area contributed by atoms with Gasteiger partial charge in [0.1, 0.15) is 5.75 Å². The summed E-state index contributed by atoms with van der Waals surface area (Å²) in [6, 6.07) is 5.56. The summed E-state index contributed by atoms with van der Waals surface area (Å²) in [6.07, 6.45) is 0.671. The van der Waals surface area contributed by atoms with Crippen molar-refractivity contribution in [1.82, 2.24) is 10.6 Å². The molecule has 0 aromatic heterocycles. The zero-order valence-corrected chi connectivity index (χ0v) is 13.7. The van der Waals surface area contributed by atoms with Gasteiger partial charge in [0.05, 0.1) is 12.3 Å². The van der Waals surface area contributed by atoms with Gasteiger partial charge >= 0.3 is 6.03 Å². The van der Waals surface area contributed by atoms with Gasteiger partial charge in [-0.15, -0.1) is 0 Å². The highest BCUT2D eigenvalue weighted by molar-refractivity contribution is 5.90. The Morgan fingerprint density at radius 2 is 2.00 bits per heavy atom. The van der Waals surface area contributed by atoms with Crippen molar-refractivity contribution in [3.63, 3.8) is 0 Å². The molecule has 0 fully saturated rings. The summed E-state index contributed by atoms with van der Waals surface area (Å²) in [5.74, 6) is 0.500. The number of hydrogen-bond donors (Lipinski definition) is 3. The van der Waals surface area contributed by atoms with E-state index < -0.39 is 0 Å². The number of anilines is 1. The third kappa shape index (κ3) is 6.47. The van der Waals surface area contributed by atoms with Crippen LogP contribution >= 0.6 is 0 Å². The molecule has 0 radical (unpaired) electrons. The fourth-order valence-electron chi connectivity index (χ4n) is 1.93. The predicted molar refractivity (Wildman–Crippen MR) is 87.3 cm³/mol. The number of amides is 3. The van der Waals surface area contributed by atoms with Crippen LogP contribution in [-0.2, 0) is 11.2 Å². The summed E-state index contributed by atoms with van der Waals surface area (Å²) < 4.78 is 5.48. The lowest BCUT2D eigenvalue weighted by Gasteiger charge is -2.13. The number of nitrogens with one attached hydrogen (secondary N) is 3. The normalized spacial score (nSPS) is 10.2. The number of hydrogen-bond acceptors (Lipinski definition) is 3. The van der Waals surface area contributed by atoms with Gasteiger partial charge in [-0.25, -0.2) is 4.79 Å². The maximum Gasteiger partial charge on any atom is 0.314 e. The molecule has 0 heterocycles. The molecule has 0 aliphatic heterocycles. The number of benzene rings is 1. The molecule has 1 aromatic rings. The maximum absolute atomic E-state index is 11.5. The predicted octanol–water partition coefficient (Wildman–Crippen LogP) is 2.29. The van der Waals surface area contributed by atoms with Gasteiger partial charge in [0.25, 0.3) is 0 Å². The number of carbonyl (C=O) groups excluding carboxylic acids is 2. The number of carbonyl (C=O) groups is 2. The molecule has 0 bridgehead atoms. The molecule has 0 saturated heterocycles. The van der Waals surface area contributed by atoms with Crippen molar-refractivity contribution in [3.05, 3.63) is 23.8 Å². The summed E-state index contributed by atoms with van der Waals surface area (Å²) in [4.78, 5) is 22.8. The van der Waals surface area contributed by atoms with Crippen LogP contribution in [0, 0.1) is 0 Å². The minimum absolute atomic E-state index is 0.108. The minimum Gasteiger partial charge on any atom is -0.492 e. The molecule has 0 saturated carbocycles. The Balaban J connectivity index is 2.63. The van der Waals surface area contributed by atoms with Gasteiger partial charge < -0.3 is 20.7 Å². The summed E-state index contributed by atoms with van der Waals surface area (Å²) in [7, 11) is 0. The van der Waals surface area contributed by atoms with E-state index in [1.165, 1.54) is 6.92 Å². The monoisotopic (exact) mass is 307 g/mol. The van der Waals surface area contributed by atoms with Gasteiger partial charge in [-0.05, 0) is 44.9 Å². The van der Waals surface area contributed by atoms with Gasteiger partial charge in [-0.2, -0.15) is 0 Å². The Bertz CT molecular complexity index is 515. The van der Waals surface area contributed by atoms with Crippen LogP contribution in [0.15, 0.2) is 18.2 Å². The fraction of sp³-hybridized carbons (Fsp3) is 0.500. The molecule has 1 rings (SSSR count). The molecule has 6 nitrogen and oxygen atoms in total. The lowest BCUT2D eigenvalue weighted by molar-refractivity contribution is -0.114. The van der Waals surface area contributed by atoms with Crippen LogP contribution in [0.2, 0.25) is 0 Å². The van der Waals surface area contributed by atoms with Crippen molar-refractivity contribution >= 4 is 17.6 Å². The molecule has 3 N–H and O–H groups in total. The Labute approximate surface area is 131 Å². The highest BCUT2D eigenvalue weighted by atomic mass is 16.5. The van der Waals surface area contributed by atoms with Crippen LogP contribution in [0.5, 0.6) is 5.75 Å². The number of rotatable bonds is 7. The molecule has 0 aliphatic rings. The molecule has 0 unspecified atom stereocenters. The summed E-state index contributed by atoms with van der Waals surface area (Å²) in [5.41, 5.74) is 1.66. The van der Waals surface area contributed by atoms with E-state index in [2.05, 4.69) is 16.0 Å². The molecule has 0 spiro atoms. The molecular weight excluding hydrogens is 282 g/mol. The van der Waals surface area contributed by atoms with Crippen molar-refractivity contribution in [2.45, 2.75) is 40.2 Å². The molecule has 122 valence electrons. The summed E-state index contributed by atoms with van der Waals surface area (Å²) >= 11 is 0. The van der Waals surface area contributed by atoms with Crippen molar-refractivity contribution in [2.24, 2.45) is 0 Å². The van der Waals surface area contributed by atoms with E-state index in [9.17, 15) is 9.59 Å². The zero-order chi connectivity index (χ0) is 16.5. The second kappa shape index (κ2) is 8.92. The quantitative estimate of drug-likeness (QED) is 0.723. The second-order valence-corrected chi connectivity index (χ2v) is 5.25. The highest BCUT2D eigenvalue weighted by Gasteiger charge is 2.07. The molecule has 22 heavy (non-hydrogen) atoms. The average molecular weight is 307 g/mol. The van der Waals surface area contributed by atoms with Crippen molar-refractivity contribution in [3.8, 4) is 5.75 Å². The van der Waals surface area contributed by atoms with E-state index in [1.54, 1.807) is 0 Å². The minimum atomic E-state index is -0.178. The van der Waals surface area contributed by atoms with E-state index in [0.717, 1.165) is 5.56 Å². The first kappa shape index (κ1) is 17.8. The van der Waals surface area contributed by atoms with E-state index >= 15 is 0 Å². The largest absolute Gasteiger partial charge is 0.492 e. The molecule has 0 atom stereocenters. The van der Waals surface area contributed by atoms with Crippen LogP contribution in [-0.4, -0.2) is 31.1 Å². The van der Waals surface area contributed by atoms with Crippen LogP contribution in [0.1, 0.15) is 33.3 Å². The van der Waals surface area contributed by atoms with Crippen LogP contribution in [0.4, 0.5) is 10.5 Å². The lowest BCUT2D eigenvalue weighted by Crippen LogP contribution is -2.40. The Morgan fingerprint density at radius 3 is 2.59 bits per heavy atom. The van der Waals surface area contributed by atoms with E-state index in [1.807, 2.05) is 39.0 Å². The van der Waals surface area contributed by atoms with E-state index in [-0.39, 0.29) is 18.0 Å². The first-order valence-electron chi connectivity index (χ1n) is 7.50. The first-order chi connectivity index (χ1) is 10.4. The standard InChI is InChI=1S/C16H25N3O3/c1-5-22-15-7-6-13(10-14(15)19-12(4)20)8-9-17-16(21)18-11(2)3/h6-7,10-11H,5,8-9H2,1-4H3,(H,19,20)(H2,17,18,21). The average Bonchev–Trinajstić information content (AvgIpc) is 2.40. The molecule has 3 amide bonds. The van der Waals surface area contributed by atoms with Gasteiger partial charge in [0, 0.05) is 19.5 Å². The van der Waals surface area contributed by atoms with E-state index in [0.29, 0.717) is 31.0 Å². The summed E-state index contributed by atoms with van der Waals surface area (Å²) in [5, 5.41) is 8.32. The Hall–Kier alpha value is -2.24. The molecule has 6 heteroatoms. The zero-order valence-electron chi connectivity index (χ0n) is 13.7. The van der Waals surface area contributed by atoms with Gasteiger partial charge in [0.15, 0.2) is 0 Å². The highest BCUT2D eigenvalue weighted by Crippen LogP contribution is 2.26. The summed E-state index contributed by atoms with van der Waals surface area (Å²) in [6.45, 7) is 8.22. The van der Waals surface area contributed by atoms with Crippen molar-refractivity contribution < 1.29 is 14.3 Å². The fourth-order valence-corrected chi connectivity index (χ4v) is 1.93. The Morgan fingerprint density at radius 1 is 1.27 bits per heavy atom. The maximum atomic E-state index is 11.5. The van der Waals surface area contributed by atoms with Gasteiger partial charge in [0.2, 0.25) is 5.91 Å². The second-order valence-electron chi connectivity index (χ2n) is 5.25. The molecule has 1 aromatic carbocycles. The smallest absolute Gasteiger partial charge is 0.314 e. The topological polar surface area (TPSA) is 79.5 Å². The lowest BCUT2D eigenvalue weighted by atomic mass is 10.1. The van der Waals surface area contributed by atoms with Crippen molar-refractivity contribution in [1.29, 1.82) is 0 Å². The van der Waals surface area contributed by atoms with Crippen LogP contribution < -0.4 is 20.7 Å². The van der Waals surface area contributed by atoms with Crippen LogP contribution in [0.3, 0.4) is 0 Å². The first-order valence-corrected chi connectivity index (χ1v) is 7.50. The van der Waals surface area contributed by atoms with Gasteiger partial charge in [-0.1, -0.05) is 6.07 Å². The third-order valence-corrected chi connectivity index (χ3v) is 2.77. The van der Waals surface area contributed by atoms with Gasteiger partial charge in [-0.3, -0.25) is 4.79 Å².